The third-order valence-electron chi connectivity index (χ3n) is 4.00. The van der Waals surface area contributed by atoms with Gasteiger partial charge >= 0.3 is 0 Å². The van der Waals surface area contributed by atoms with Crippen LogP contribution >= 0.6 is 0 Å². The first kappa shape index (κ1) is 13.1. The fourth-order valence-corrected chi connectivity index (χ4v) is 2.93. The van der Waals surface area contributed by atoms with Crippen molar-refractivity contribution in [2.75, 3.05) is 0 Å². The third kappa shape index (κ3) is 3.32. The Morgan fingerprint density at radius 3 is 2.78 bits per heavy atom. The molecule has 0 amide bonds. The van der Waals surface area contributed by atoms with Gasteiger partial charge in [0.25, 0.3) is 0 Å². The molecule has 1 aliphatic carbocycles. The van der Waals surface area contributed by atoms with Crippen LogP contribution in [0.3, 0.4) is 0 Å². The molecule has 0 saturated heterocycles. The maximum Gasteiger partial charge on any atom is 0.136 e. The van der Waals surface area contributed by atoms with E-state index in [1.165, 1.54) is 5.56 Å². The molecular formula is C17H22O. The second kappa shape index (κ2) is 6.53. The summed E-state index contributed by atoms with van der Waals surface area (Å²) in [6.45, 7) is 3.74. The van der Waals surface area contributed by atoms with Gasteiger partial charge in [0.2, 0.25) is 0 Å². The molecule has 0 N–H and O–H groups in total. The van der Waals surface area contributed by atoms with E-state index < -0.39 is 0 Å². The van der Waals surface area contributed by atoms with Crippen LogP contribution in [0.1, 0.15) is 50.0 Å². The highest BCUT2D eigenvalue weighted by Gasteiger charge is 2.28. The number of benzene rings is 1. The number of ketones is 1. The molecule has 2 rings (SSSR count). The molecule has 1 aromatic rings. The molecule has 0 spiro atoms. The van der Waals surface area contributed by atoms with E-state index in [1.807, 2.05) is 6.08 Å². The number of Topliss-reactive ketones (excluding diaryl/α,β-unsaturated/α-hetero) is 1. The van der Waals surface area contributed by atoms with Crippen LogP contribution in [-0.2, 0) is 4.79 Å². The summed E-state index contributed by atoms with van der Waals surface area (Å²) < 4.78 is 0. The van der Waals surface area contributed by atoms with Crippen LogP contribution in [0.25, 0.3) is 0 Å². The maximum atomic E-state index is 11.9. The van der Waals surface area contributed by atoms with E-state index in [-0.39, 0.29) is 5.92 Å². The minimum absolute atomic E-state index is 0.281. The van der Waals surface area contributed by atoms with E-state index >= 15 is 0 Å². The van der Waals surface area contributed by atoms with E-state index in [0.717, 1.165) is 38.5 Å². The Labute approximate surface area is 110 Å². The van der Waals surface area contributed by atoms with Crippen LogP contribution in [0, 0.1) is 5.92 Å². The second-order valence-corrected chi connectivity index (χ2v) is 5.26. The fraction of sp³-hybridized carbons (Fsp3) is 0.471. The summed E-state index contributed by atoms with van der Waals surface area (Å²) >= 11 is 0. The van der Waals surface area contributed by atoms with Crippen LogP contribution in [0.15, 0.2) is 43.0 Å². The molecule has 1 aliphatic rings. The van der Waals surface area contributed by atoms with Crippen molar-refractivity contribution < 1.29 is 4.79 Å². The minimum Gasteiger partial charge on any atom is -0.299 e. The number of carbonyl (C=O) groups is 1. The largest absolute Gasteiger partial charge is 0.299 e. The minimum atomic E-state index is 0.281. The fourth-order valence-electron chi connectivity index (χ4n) is 2.93. The van der Waals surface area contributed by atoms with Gasteiger partial charge in [-0.3, -0.25) is 4.79 Å². The third-order valence-corrected chi connectivity index (χ3v) is 4.00. The van der Waals surface area contributed by atoms with Crippen molar-refractivity contribution in [1.82, 2.24) is 0 Å². The van der Waals surface area contributed by atoms with Gasteiger partial charge < -0.3 is 0 Å². The molecule has 1 nitrogen and oxygen atoms in total. The smallest absolute Gasteiger partial charge is 0.136 e. The maximum absolute atomic E-state index is 11.9. The Bertz CT molecular complexity index is 393. The Hall–Kier alpha value is -1.37. The highest BCUT2D eigenvalue weighted by Crippen LogP contribution is 2.36. The molecule has 1 saturated carbocycles. The molecule has 0 bridgehead atoms. The van der Waals surface area contributed by atoms with Crippen molar-refractivity contribution in [3.8, 4) is 0 Å². The second-order valence-electron chi connectivity index (χ2n) is 5.26. The number of unbranched alkanes of at least 4 members (excludes halogenated alkanes) is 1. The van der Waals surface area contributed by atoms with Crippen molar-refractivity contribution in [2.24, 2.45) is 5.92 Å². The predicted octanol–water partition coefficient (Wildman–Crippen LogP) is 4.50. The average molecular weight is 242 g/mol. The van der Waals surface area contributed by atoms with Gasteiger partial charge in [-0.1, -0.05) is 36.4 Å². The van der Waals surface area contributed by atoms with Crippen molar-refractivity contribution >= 4 is 5.78 Å². The van der Waals surface area contributed by atoms with Gasteiger partial charge in [0.1, 0.15) is 5.78 Å². The molecule has 0 aliphatic heterocycles. The van der Waals surface area contributed by atoms with Crippen LogP contribution in [0.2, 0.25) is 0 Å². The molecule has 96 valence electrons. The molecule has 1 aromatic carbocycles. The number of hydrogen-bond acceptors (Lipinski definition) is 1. The predicted molar refractivity (Wildman–Crippen MR) is 75.6 cm³/mol. The summed E-state index contributed by atoms with van der Waals surface area (Å²) in [4.78, 5) is 11.9. The molecule has 2 atom stereocenters. The lowest BCUT2D eigenvalue weighted by molar-refractivity contribution is -0.125. The summed E-state index contributed by atoms with van der Waals surface area (Å²) in [5, 5.41) is 0. The molecular weight excluding hydrogens is 220 g/mol. The summed E-state index contributed by atoms with van der Waals surface area (Å²) in [6, 6.07) is 10.6. The lowest BCUT2D eigenvalue weighted by atomic mass is 9.75. The van der Waals surface area contributed by atoms with E-state index in [2.05, 4.69) is 36.9 Å². The molecule has 0 heterocycles. The van der Waals surface area contributed by atoms with Gasteiger partial charge in [-0.05, 0) is 43.6 Å². The monoisotopic (exact) mass is 242 g/mol. The van der Waals surface area contributed by atoms with Crippen LogP contribution in [0.5, 0.6) is 0 Å². The van der Waals surface area contributed by atoms with E-state index in [1.54, 1.807) is 0 Å². The highest BCUT2D eigenvalue weighted by molar-refractivity contribution is 5.82. The highest BCUT2D eigenvalue weighted by atomic mass is 16.1. The van der Waals surface area contributed by atoms with Gasteiger partial charge in [-0.2, -0.15) is 0 Å². The Kier molecular flexibility index (Phi) is 4.74. The van der Waals surface area contributed by atoms with Crippen molar-refractivity contribution in [3.05, 3.63) is 48.6 Å². The molecule has 2 unspecified atom stereocenters. The molecule has 0 aromatic heterocycles. The number of hydrogen-bond donors (Lipinski definition) is 0. The van der Waals surface area contributed by atoms with E-state index in [9.17, 15) is 4.79 Å². The number of allylic oxidation sites excluding steroid dienone is 1. The summed E-state index contributed by atoms with van der Waals surface area (Å²) in [6.07, 6.45) is 7.94. The van der Waals surface area contributed by atoms with Crippen molar-refractivity contribution in [3.63, 3.8) is 0 Å². The van der Waals surface area contributed by atoms with Gasteiger partial charge in [0.15, 0.2) is 0 Å². The Morgan fingerprint density at radius 2 is 2.06 bits per heavy atom. The van der Waals surface area contributed by atoms with Crippen molar-refractivity contribution in [1.29, 1.82) is 0 Å². The first-order valence-electron chi connectivity index (χ1n) is 7.00. The zero-order valence-corrected chi connectivity index (χ0v) is 11.0. The Morgan fingerprint density at radius 1 is 1.28 bits per heavy atom. The van der Waals surface area contributed by atoms with E-state index in [0.29, 0.717) is 11.7 Å². The summed E-state index contributed by atoms with van der Waals surface area (Å²) in [5.41, 5.74) is 1.40. The van der Waals surface area contributed by atoms with Crippen LogP contribution in [-0.4, -0.2) is 5.78 Å². The zero-order valence-electron chi connectivity index (χ0n) is 11.0. The standard InChI is InChI=1S/C17H22O/c1-2-3-5-10-16-13-15(11-12-17(16)18)14-8-6-4-7-9-14/h2,4,6-9,15-16H,1,3,5,10-13H2. The normalized spacial score (nSPS) is 23.9. The number of carbonyl (C=O) groups excluding carboxylic acids is 1. The number of rotatable bonds is 5. The van der Waals surface area contributed by atoms with E-state index in [4.69, 9.17) is 0 Å². The molecule has 1 fully saturated rings. The lowest BCUT2D eigenvalue weighted by Crippen LogP contribution is -2.23. The van der Waals surface area contributed by atoms with Crippen LogP contribution < -0.4 is 0 Å². The van der Waals surface area contributed by atoms with Gasteiger partial charge in [-0.25, -0.2) is 0 Å². The lowest BCUT2D eigenvalue weighted by Gasteiger charge is -2.28. The van der Waals surface area contributed by atoms with Crippen molar-refractivity contribution in [2.45, 2.75) is 44.4 Å². The summed E-state index contributed by atoms with van der Waals surface area (Å²) in [7, 11) is 0. The first-order chi connectivity index (χ1) is 8.81. The molecule has 0 radical (unpaired) electrons. The van der Waals surface area contributed by atoms with Gasteiger partial charge in [0, 0.05) is 12.3 Å². The van der Waals surface area contributed by atoms with Gasteiger partial charge in [-0.15, -0.1) is 6.58 Å². The van der Waals surface area contributed by atoms with Gasteiger partial charge in [0.05, 0.1) is 0 Å². The SMILES string of the molecule is C=CCCCC1CC(c2ccccc2)CCC1=O. The van der Waals surface area contributed by atoms with Crippen LogP contribution in [0.4, 0.5) is 0 Å². The zero-order chi connectivity index (χ0) is 12.8. The quantitative estimate of drug-likeness (QED) is 0.549. The first-order valence-corrected chi connectivity index (χ1v) is 7.00. The Balaban J connectivity index is 1.95. The molecule has 1 heteroatoms. The molecule has 18 heavy (non-hydrogen) atoms. The topological polar surface area (TPSA) is 17.1 Å². The average Bonchev–Trinajstić information content (AvgIpc) is 2.42. The summed E-state index contributed by atoms with van der Waals surface area (Å²) in [5.74, 6) is 1.34.